The molecule has 2 amide bonds. The lowest BCUT2D eigenvalue weighted by Gasteiger charge is -2.12. The molecule has 0 bridgehead atoms. The quantitative estimate of drug-likeness (QED) is 0.532. The van der Waals surface area contributed by atoms with E-state index >= 15 is 0 Å². The zero-order valence-corrected chi connectivity index (χ0v) is 16.0. The fraction of sp³-hybridized carbons (Fsp3) is 0.118. The second-order valence-electron chi connectivity index (χ2n) is 5.18. The van der Waals surface area contributed by atoms with Gasteiger partial charge in [0.1, 0.15) is 5.75 Å². The highest BCUT2D eigenvalue weighted by Gasteiger charge is 2.12. The number of aryl methyl sites for hydroxylation is 1. The lowest BCUT2D eigenvalue weighted by molar-refractivity contribution is -0.123. The summed E-state index contributed by atoms with van der Waals surface area (Å²) in [4.78, 5) is 23.8. The molecule has 26 heavy (non-hydrogen) atoms. The van der Waals surface area contributed by atoms with Gasteiger partial charge in [0.2, 0.25) is 0 Å². The number of halogens is 2. The van der Waals surface area contributed by atoms with Gasteiger partial charge in [0.05, 0.1) is 10.6 Å². The molecule has 0 aliphatic carbocycles. The van der Waals surface area contributed by atoms with Crippen molar-refractivity contribution in [3.05, 3.63) is 63.6 Å². The molecule has 0 saturated heterocycles. The lowest BCUT2D eigenvalue weighted by atomic mass is 10.2. The lowest BCUT2D eigenvalue weighted by Crippen LogP contribution is -2.49. The first-order chi connectivity index (χ1) is 12.3. The summed E-state index contributed by atoms with van der Waals surface area (Å²) in [5.74, 6) is -0.431. The SMILES string of the molecule is Cc1ccc(OCC(=O)NNC(=S)NC(=O)c2ccc(Cl)cc2Cl)cc1. The Morgan fingerprint density at radius 2 is 1.77 bits per heavy atom. The minimum absolute atomic E-state index is 0.0929. The van der Waals surface area contributed by atoms with E-state index in [-0.39, 0.29) is 22.3 Å². The number of hydrazine groups is 1. The number of rotatable bonds is 4. The van der Waals surface area contributed by atoms with Gasteiger partial charge in [-0.3, -0.25) is 25.8 Å². The summed E-state index contributed by atoms with van der Waals surface area (Å²) >= 11 is 16.7. The topological polar surface area (TPSA) is 79.5 Å². The molecule has 9 heteroatoms. The third kappa shape index (κ3) is 6.18. The second-order valence-corrected chi connectivity index (χ2v) is 6.43. The Bertz CT molecular complexity index is 829. The summed E-state index contributed by atoms with van der Waals surface area (Å²) in [6.45, 7) is 1.74. The molecule has 3 N–H and O–H groups in total. The Morgan fingerprint density at radius 3 is 2.42 bits per heavy atom. The maximum absolute atomic E-state index is 12.1. The van der Waals surface area contributed by atoms with E-state index in [2.05, 4.69) is 16.2 Å². The number of hydrogen-bond donors (Lipinski definition) is 3. The van der Waals surface area contributed by atoms with Gasteiger partial charge in [-0.15, -0.1) is 0 Å². The zero-order chi connectivity index (χ0) is 19.1. The molecule has 0 aliphatic heterocycles. The zero-order valence-electron chi connectivity index (χ0n) is 13.6. The summed E-state index contributed by atoms with van der Waals surface area (Å²) < 4.78 is 5.32. The number of benzene rings is 2. The van der Waals surface area contributed by atoms with Crippen molar-refractivity contribution in [2.75, 3.05) is 6.61 Å². The average molecular weight is 412 g/mol. The van der Waals surface area contributed by atoms with Crippen molar-refractivity contribution < 1.29 is 14.3 Å². The van der Waals surface area contributed by atoms with Gasteiger partial charge >= 0.3 is 0 Å². The van der Waals surface area contributed by atoms with E-state index in [0.717, 1.165) is 5.56 Å². The first kappa shape index (κ1) is 20.0. The number of carbonyl (C=O) groups excluding carboxylic acids is 2. The number of ether oxygens (including phenoxy) is 1. The van der Waals surface area contributed by atoms with Crippen molar-refractivity contribution in [1.29, 1.82) is 0 Å². The van der Waals surface area contributed by atoms with E-state index in [1.54, 1.807) is 12.1 Å². The number of thiocarbonyl (C=S) groups is 1. The summed E-state index contributed by atoms with van der Waals surface area (Å²) in [6, 6.07) is 11.7. The average Bonchev–Trinajstić information content (AvgIpc) is 2.59. The largest absolute Gasteiger partial charge is 0.484 e. The molecule has 0 atom stereocenters. The van der Waals surface area contributed by atoms with Gasteiger partial charge in [-0.05, 0) is 49.5 Å². The van der Waals surface area contributed by atoms with E-state index in [4.69, 9.17) is 40.2 Å². The van der Waals surface area contributed by atoms with E-state index in [1.807, 2.05) is 19.1 Å². The molecule has 0 unspecified atom stereocenters. The van der Waals surface area contributed by atoms with Gasteiger partial charge in [-0.1, -0.05) is 40.9 Å². The van der Waals surface area contributed by atoms with Crippen LogP contribution in [0.1, 0.15) is 15.9 Å². The molecule has 0 spiro atoms. The van der Waals surface area contributed by atoms with Crippen LogP contribution in [0.15, 0.2) is 42.5 Å². The highest BCUT2D eigenvalue weighted by molar-refractivity contribution is 7.80. The summed E-state index contributed by atoms with van der Waals surface area (Å²) in [6.07, 6.45) is 0. The summed E-state index contributed by atoms with van der Waals surface area (Å²) in [7, 11) is 0. The van der Waals surface area contributed by atoms with Crippen LogP contribution in [0.3, 0.4) is 0 Å². The minimum Gasteiger partial charge on any atom is -0.484 e. The molecule has 2 aromatic rings. The summed E-state index contributed by atoms with van der Waals surface area (Å²) in [5, 5.41) is 2.90. The molecular weight excluding hydrogens is 397 g/mol. The van der Waals surface area contributed by atoms with E-state index < -0.39 is 11.8 Å². The van der Waals surface area contributed by atoms with E-state index in [1.165, 1.54) is 18.2 Å². The Hall–Kier alpha value is -2.35. The van der Waals surface area contributed by atoms with Gasteiger partial charge in [0.15, 0.2) is 11.7 Å². The van der Waals surface area contributed by atoms with Crippen LogP contribution in [-0.4, -0.2) is 23.5 Å². The van der Waals surface area contributed by atoms with Gasteiger partial charge in [-0.2, -0.15) is 0 Å². The number of nitrogens with one attached hydrogen (secondary N) is 3. The molecular formula is C17H15Cl2N3O3S. The third-order valence-electron chi connectivity index (χ3n) is 3.11. The number of amides is 2. The summed E-state index contributed by atoms with van der Waals surface area (Å²) in [5.41, 5.74) is 6.02. The molecule has 0 saturated carbocycles. The minimum atomic E-state index is -0.533. The molecule has 136 valence electrons. The Kier molecular flexibility index (Phi) is 7.20. The predicted octanol–water partition coefficient (Wildman–Crippen LogP) is 3.02. The number of carbonyl (C=O) groups is 2. The van der Waals surface area contributed by atoms with Crippen molar-refractivity contribution in [2.24, 2.45) is 0 Å². The highest BCUT2D eigenvalue weighted by Crippen LogP contribution is 2.20. The van der Waals surface area contributed by atoms with Gasteiger partial charge in [-0.25, -0.2) is 0 Å². The van der Waals surface area contributed by atoms with Crippen molar-refractivity contribution in [3.63, 3.8) is 0 Å². The van der Waals surface area contributed by atoms with Crippen molar-refractivity contribution >= 4 is 52.3 Å². The van der Waals surface area contributed by atoms with Crippen LogP contribution >= 0.6 is 35.4 Å². The first-order valence-electron chi connectivity index (χ1n) is 7.40. The maximum Gasteiger partial charge on any atom is 0.276 e. The Morgan fingerprint density at radius 1 is 1.08 bits per heavy atom. The number of hydrogen-bond acceptors (Lipinski definition) is 4. The van der Waals surface area contributed by atoms with Crippen LogP contribution in [0.2, 0.25) is 10.0 Å². The highest BCUT2D eigenvalue weighted by atomic mass is 35.5. The molecule has 0 aliphatic rings. The molecule has 0 aromatic heterocycles. The van der Waals surface area contributed by atoms with Gasteiger partial charge in [0, 0.05) is 5.02 Å². The van der Waals surface area contributed by atoms with Crippen molar-refractivity contribution in [1.82, 2.24) is 16.2 Å². The van der Waals surface area contributed by atoms with Crippen LogP contribution in [0, 0.1) is 6.92 Å². The molecule has 2 rings (SSSR count). The van der Waals surface area contributed by atoms with Gasteiger partial charge in [0.25, 0.3) is 11.8 Å². The predicted molar refractivity (Wildman–Crippen MR) is 104 cm³/mol. The fourth-order valence-corrected chi connectivity index (χ4v) is 2.46. The van der Waals surface area contributed by atoms with Crippen molar-refractivity contribution in [3.8, 4) is 5.75 Å². The van der Waals surface area contributed by atoms with E-state index in [0.29, 0.717) is 10.8 Å². The standard InChI is InChI=1S/C17H15Cl2N3O3S/c1-10-2-5-12(6-3-10)25-9-15(23)21-22-17(26)20-16(24)13-7-4-11(18)8-14(13)19/h2-8H,9H2,1H3,(H,21,23)(H2,20,22,24,26). The Labute approximate surface area is 165 Å². The monoisotopic (exact) mass is 411 g/mol. The van der Waals surface area contributed by atoms with Gasteiger partial charge < -0.3 is 4.74 Å². The van der Waals surface area contributed by atoms with Crippen LogP contribution in [0.5, 0.6) is 5.75 Å². The first-order valence-corrected chi connectivity index (χ1v) is 8.56. The third-order valence-corrected chi connectivity index (χ3v) is 3.86. The maximum atomic E-state index is 12.1. The second kappa shape index (κ2) is 9.38. The van der Waals surface area contributed by atoms with E-state index in [9.17, 15) is 9.59 Å². The molecule has 0 fully saturated rings. The molecule has 2 aromatic carbocycles. The normalized spacial score (nSPS) is 9.96. The fourth-order valence-electron chi connectivity index (χ4n) is 1.82. The smallest absolute Gasteiger partial charge is 0.276 e. The molecule has 0 radical (unpaired) electrons. The molecule has 0 heterocycles. The van der Waals surface area contributed by atoms with Crippen LogP contribution in [-0.2, 0) is 4.79 Å². The van der Waals surface area contributed by atoms with Crippen LogP contribution < -0.4 is 20.9 Å². The van der Waals surface area contributed by atoms with Crippen LogP contribution in [0.25, 0.3) is 0 Å². The Balaban J connectivity index is 1.76. The van der Waals surface area contributed by atoms with Crippen molar-refractivity contribution in [2.45, 2.75) is 6.92 Å². The molecule has 6 nitrogen and oxygen atoms in total. The van der Waals surface area contributed by atoms with Crippen LogP contribution in [0.4, 0.5) is 0 Å².